The van der Waals surface area contributed by atoms with Crippen LogP contribution in [0.4, 0.5) is 0 Å². The molecule has 0 aromatic carbocycles. The third-order valence-electron chi connectivity index (χ3n) is 1.33. The van der Waals surface area contributed by atoms with Crippen LogP contribution < -0.4 is 5.73 Å². The lowest BCUT2D eigenvalue weighted by Gasteiger charge is -2.04. The fourth-order valence-corrected chi connectivity index (χ4v) is 0.713. The topological polar surface area (TPSA) is 76.2 Å². The molecule has 0 spiro atoms. The van der Waals surface area contributed by atoms with Crippen molar-refractivity contribution in [3.63, 3.8) is 0 Å². The van der Waals surface area contributed by atoms with Gasteiger partial charge in [0, 0.05) is 12.4 Å². The molecule has 1 unspecified atom stereocenters. The first kappa shape index (κ1) is 7.68. The van der Waals surface area contributed by atoms with E-state index in [0.29, 0.717) is 5.56 Å². The number of nitrogens with two attached hydrogens (primary N) is 1. The van der Waals surface area contributed by atoms with Crippen LogP contribution in [-0.4, -0.2) is 16.1 Å². The first-order valence-electron chi connectivity index (χ1n) is 3.10. The monoisotopic (exact) mass is 152 g/mol. The first-order chi connectivity index (χ1) is 5.22. The summed E-state index contributed by atoms with van der Waals surface area (Å²) in [6.07, 6.45) is 3.02. The number of rotatable bonds is 2. The van der Waals surface area contributed by atoms with Crippen LogP contribution in [0, 0.1) is 0 Å². The molecule has 0 saturated heterocycles. The fraction of sp³-hybridized carbons (Fsp3) is 0.143. The van der Waals surface area contributed by atoms with Crippen LogP contribution in [0.2, 0.25) is 0 Å². The van der Waals surface area contributed by atoms with Crippen LogP contribution in [0.5, 0.6) is 0 Å². The molecule has 0 fully saturated rings. The number of hydrogen-bond acceptors (Lipinski definition) is 3. The van der Waals surface area contributed by atoms with Crippen LogP contribution >= 0.6 is 0 Å². The van der Waals surface area contributed by atoms with Crippen molar-refractivity contribution < 1.29 is 9.90 Å². The van der Waals surface area contributed by atoms with Crippen LogP contribution in [0.25, 0.3) is 0 Å². The van der Waals surface area contributed by atoms with Gasteiger partial charge in [-0.25, -0.2) is 0 Å². The smallest absolute Gasteiger partial charge is 0.325 e. The SMILES string of the molecule is NC(C(=O)O)c1ccncc1. The van der Waals surface area contributed by atoms with E-state index in [9.17, 15) is 4.79 Å². The molecular formula is C7H8N2O2. The number of nitrogens with zero attached hydrogens (tertiary/aromatic N) is 1. The lowest BCUT2D eigenvalue weighted by molar-refractivity contribution is -0.138. The summed E-state index contributed by atoms with van der Waals surface area (Å²) in [7, 11) is 0. The molecule has 1 atom stereocenters. The van der Waals surface area contributed by atoms with Gasteiger partial charge in [0.2, 0.25) is 0 Å². The van der Waals surface area contributed by atoms with Gasteiger partial charge in [-0.1, -0.05) is 0 Å². The van der Waals surface area contributed by atoms with E-state index in [-0.39, 0.29) is 0 Å². The van der Waals surface area contributed by atoms with E-state index < -0.39 is 12.0 Å². The molecule has 4 nitrogen and oxygen atoms in total. The van der Waals surface area contributed by atoms with Gasteiger partial charge in [-0.3, -0.25) is 9.78 Å². The summed E-state index contributed by atoms with van der Waals surface area (Å²) < 4.78 is 0. The zero-order chi connectivity index (χ0) is 8.27. The number of hydrogen-bond donors (Lipinski definition) is 2. The maximum Gasteiger partial charge on any atom is 0.325 e. The van der Waals surface area contributed by atoms with Crippen LogP contribution in [0.3, 0.4) is 0 Å². The average molecular weight is 152 g/mol. The molecular weight excluding hydrogens is 144 g/mol. The molecule has 0 saturated carbocycles. The van der Waals surface area contributed by atoms with Crippen molar-refractivity contribution in [2.24, 2.45) is 5.73 Å². The van der Waals surface area contributed by atoms with Gasteiger partial charge in [-0.2, -0.15) is 0 Å². The van der Waals surface area contributed by atoms with Crippen LogP contribution in [0.1, 0.15) is 11.6 Å². The first-order valence-corrected chi connectivity index (χ1v) is 3.10. The minimum Gasteiger partial charge on any atom is -0.480 e. The van der Waals surface area contributed by atoms with Gasteiger partial charge >= 0.3 is 5.97 Å². The minimum atomic E-state index is -1.03. The van der Waals surface area contributed by atoms with Crippen molar-refractivity contribution in [1.82, 2.24) is 4.98 Å². The quantitative estimate of drug-likeness (QED) is 0.633. The molecule has 4 heteroatoms. The minimum absolute atomic E-state index is 0.563. The Kier molecular flexibility index (Phi) is 2.18. The molecule has 11 heavy (non-hydrogen) atoms. The predicted molar refractivity (Wildman–Crippen MR) is 38.8 cm³/mol. The van der Waals surface area contributed by atoms with Crippen molar-refractivity contribution in [3.8, 4) is 0 Å². The molecule has 1 aromatic heterocycles. The van der Waals surface area contributed by atoms with E-state index in [2.05, 4.69) is 4.98 Å². The van der Waals surface area contributed by atoms with Crippen molar-refractivity contribution in [1.29, 1.82) is 0 Å². The van der Waals surface area contributed by atoms with Crippen molar-refractivity contribution in [2.45, 2.75) is 6.04 Å². The van der Waals surface area contributed by atoms with E-state index in [1.165, 1.54) is 12.4 Å². The Hall–Kier alpha value is -1.42. The molecule has 1 heterocycles. The van der Waals surface area contributed by atoms with Gasteiger partial charge in [-0.05, 0) is 17.7 Å². The second-order valence-corrected chi connectivity index (χ2v) is 2.10. The van der Waals surface area contributed by atoms with Crippen LogP contribution in [0.15, 0.2) is 24.5 Å². The number of carbonyl (C=O) groups is 1. The molecule has 0 aliphatic rings. The maximum atomic E-state index is 10.4. The molecule has 0 aliphatic heterocycles. The summed E-state index contributed by atoms with van der Waals surface area (Å²) in [5, 5.41) is 8.49. The summed E-state index contributed by atoms with van der Waals surface area (Å²) in [5.41, 5.74) is 5.87. The van der Waals surface area contributed by atoms with Crippen molar-refractivity contribution in [3.05, 3.63) is 30.1 Å². The maximum absolute atomic E-state index is 10.4. The van der Waals surface area contributed by atoms with Gasteiger partial charge in [0.25, 0.3) is 0 Å². The second kappa shape index (κ2) is 3.12. The van der Waals surface area contributed by atoms with Crippen molar-refractivity contribution >= 4 is 5.97 Å². The summed E-state index contributed by atoms with van der Waals surface area (Å²) in [6.45, 7) is 0. The highest BCUT2D eigenvalue weighted by Gasteiger charge is 2.12. The molecule has 0 bridgehead atoms. The Morgan fingerprint density at radius 3 is 2.55 bits per heavy atom. The largest absolute Gasteiger partial charge is 0.480 e. The number of pyridine rings is 1. The van der Waals surface area contributed by atoms with Gasteiger partial charge in [0.15, 0.2) is 0 Å². The lowest BCUT2D eigenvalue weighted by Crippen LogP contribution is -2.20. The summed E-state index contributed by atoms with van der Waals surface area (Å²) in [4.78, 5) is 14.1. The zero-order valence-corrected chi connectivity index (χ0v) is 5.77. The fourth-order valence-electron chi connectivity index (χ4n) is 0.713. The Balaban J connectivity index is 2.85. The number of aliphatic carboxylic acids is 1. The number of carboxylic acid groups (broad SMARTS) is 1. The highest BCUT2D eigenvalue weighted by atomic mass is 16.4. The Labute approximate surface area is 63.7 Å². The second-order valence-electron chi connectivity index (χ2n) is 2.10. The highest BCUT2D eigenvalue weighted by molar-refractivity contribution is 5.75. The van der Waals surface area contributed by atoms with Gasteiger partial charge < -0.3 is 10.8 Å². The molecule has 1 aromatic rings. The van der Waals surface area contributed by atoms with Gasteiger partial charge in [0.1, 0.15) is 6.04 Å². The Morgan fingerprint density at radius 2 is 2.09 bits per heavy atom. The number of carboxylic acids is 1. The molecule has 0 aliphatic carbocycles. The zero-order valence-electron chi connectivity index (χ0n) is 5.77. The van der Waals surface area contributed by atoms with Crippen LogP contribution in [-0.2, 0) is 4.79 Å². The Morgan fingerprint density at radius 1 is 1.55 bits per heavy atom. The summed E-state index contributed by atoms with van der Waals surface area (Å²) in [5.74, 6) is -1.03. The Bertz CT molecular complexity index is 248. The van der Waals surface area contributed by atoms with Crippen molar-refractivity contribution in [2.75, 3.05) is 0 Å². The van der Waals surface area contributed by atoms with Gasteiger partial charge in [0.05, 0.1) is 0 Å². The lowest BCUT2D eigenvalue weighted by atomic mass is 10.1. The summed E-state index contributed by atoms with van der Waals surface area (Å²) >= 11 is 0. The van der Waals surface area contributed by atoms with E-state index in [0.717, 1.165) is 0 Å². The standard InChI is InChI=1S/C7H8N2O2/c8-6(7(10)11)5-1-3-9-4-2-5/h1-4,6H,8H2,(H,10,11). The molecule has 0 amide bonds. The molecule has 3 N–H and O–H groups in total. The van der Waals surface area contributed by atoms with E-state index in [1.54, 1.807) is 12.1 Å². The van der Waals surface area contributed by atoms with E-state index in [4.69, 9.17) is 10.8 Å². The molecule has 58 valence electrons. The van der Waals surface area contributed by atoms with Gasteiger partial charge in [-0.15, -0.1) is 0 Å². The number of aromatic nitrogens is 1. The van der Waals surface area contributed by atoms with E-state index in [1.807, 2.05) is 0 Å². The molecule has 1 rings (SSSR count). The highest BCUT2D eigenvalue weighted by Crippen LogP contribution is 2.07. The third kappa shape index (κ3) is 1.75. The van der Waals surface area contributed by atoms with E-state index >= 15 is 0 Å². The predicted octanol–water partition coefficient (Wildman–Crippen LogP) is 0.166. The average Bonchev–Trinajstić information content (AvgIpc) is 2.05. The summed E-state index contributed by atoms with van der Waals surface area (Å²) in [6, 6.07) is 2.22. The normalized spacial score (nSPS) is 12.5. The molecule has 0 radical (unpaired) electrons. The third-order valence-corrected chi connectivity index (χ3v) is 1.33.